The molecule has 0 saturated carbocycles. The summed E-state index contributed by atoms with van der Waals surface area (Å²) in [6.07, 6.45) is 1.89. The van der Waals surface area contributed by atoms with Gasteiger partial charge in [0.05, 0.1) is 16.7 Å². The minimum absolute atomic E-state index is 0.0975. The van der Waals surface area contributed by atoms with Crippen molar-refractivity contribution in [3.63, 3.8) is 0 Å². The number of aliphatic hydroxyl groups excluding tert-OH is 1. The van der Waals surface area contributed by atoms with Crippen LogP contribution in [-0.4, -0.2) is 28.6 Å². The van der Waals surface area contributed by atoms with E-state index in [1.165, 1.54) is 6.07 Å². The number of nitrogens with one attached hydrogen (secondary N) is 2. The highest BCUT2D eigenvalue weighted by Crippen LogP contribution is 2.34. The van der Waals surface area contributed by atoms with Crippen LogP contribution in [-0.2, 0) is 11.2 Å². The molecule has 1 heterocycles. The second kappa shape index (κ2) is 6.53. The predicted molar refractivity (Wildman–Crippen MR) is 79.5 cm³/mol. The van der Waals surface area contributed by atoms with Crippen LogP contribution in [0.5, 0.6) is 0 Å². The molecule has 0 bridgehead atoms. The number of anilines is 2. The van der Waals surface area contributed by atoms with E-state index in [2.05, 4.69) is 10.6 Å². The molecule has 7 heteroatoms. The smallest absolute Gasteiger partial charge is 0.294 e. The zero-order valence-corrected chi connectivity index (χ0v) is 11.9. The first-order valence-corrected chi connectivity index (χ1v) is 7.04. The number of hydrogen-bond donors (Lipinski definition) is 3. The highest BCUT2D eigenvalue weighted by molar-refractivity contribution is 5.95. The second-order valence-corrected chi connectivity index (χ2v) is 5.16. The van der Waals surface area contributed by atoms with Crippen LogP contribution in [0, 0.1) is 10.1 Å². The Bertz CT molecular complexity index is 559. The molecule has 114 valence electrons. The van der Waals surface area contributed by atoms with Crippen LogP contribution in [0.1, 0.15) is 31.7 Å². The van der Waals surface area contributed by atoms with Gasteiger partial charge in [-0.1, -0.05) is 13.3 Å². The second-order valence-electron chi connectivity index (χ2n) is 5.16. The summed E-state index contributed by atoms with van der Waals surface area (Å²) in [5.74, 6) is -0.129. The Morgan fingerprint density at radius 2 is 2.24 bits per heavy atom. The minimum Gasteiger partial charge on any atom is -0.391 e. The summed E-state index contributed by atoms with van der Waals surface area (Å²) in [7, 11) is 0. The maximum atomic E-state index is 11.3. The number of fused-ring (bicyclic) bond motifs is 1. The first-order valence-electron chi connectivity index (χ1n) is 7.04. The van der Waals surface area contributed by atoms with Gasteiger partial charge in [0.1, 0.15) is 5.69 Å². The molecule has 1 aromatic carbocycles. The number of aliphatic hydroxyl groups is 1. The zero-order valence-electron chi connectivity index (χ0n) is 11.9. The van der Waals surface area contributed by atoms with Crippen molar-refractivity contribution in [3.8, 4) is 0 Å². The molecule has 0 aromatic heterocycles. The van der Waals surface area contributed by atoms with Crippen LogP contribution in [0.4, 0.5) is 17.1 Å². The van der Waals surface area contributed by atoms with Crippen molar-refractivity contribution in [2.75, 3.05) is 17.2 Å². The van der Waals surface area contributed by atoms with Crippen molar-refractivity contribution in [2.45, 2.75) is 38.7 Å². The summed E-state index contributed by atoms with van der Waals surface area (Å²) < 4.78 is 0. The molecule has 0 radical (unpaired) electrons. The quantitative estimate of drug-likeness (QED) is 0.550. The number of hydrogen-bond acceptors (Lipinski definition) is 5. The highest BCUT2D eigenvalue weighted by Gasteiger charge is 2.22. The van der Waals surface area contributed by atoms with Gasteiger partial charge in [-0.2, -0.15) is 0 Å². The van der Waals surface area contributed by atoms with E-state index >= 15 is 0 Å². The number of amides is 1. The van der Waals surface area contributed by atoms with E-state index in [-0.39, 0.29) is 18.1 Å². The molecule has 2 rings (SSSR count). The van der Waals surface area contributed by atoms with Crippen molar-refractivity contribution in [2.24, 2.45) is 0 Å². The van der Waals surface area contributed by atoms with Crippen molar-refractivity contribution < 1.29 is 14.8 Å². The predicted octanol–water partition coefficient (Wildman–Crippen LogP) is 2.05. The van der Waals surface area contributed by atoms with E-state index in [0.29, 0.717) is 30.6 Å². The van der Waals surface area contributed by atoms with Gasteiger partial charge in [0.25, 0.3) is 5.69 Å². The first kappa shape index (κ1) is 15.2. The molecule has 3 N–H and O–H groups in total. The summed E-state index contributed by atoms with van der Waals surface area (Å²) in [6.45, 7) is 2.23. The summed E-state index contributed by atoms with van der Waals surface area (Å²) in [5, 5.41) is 26.5. The third-order valence-electron chi connectivity index (χ3n) is 3.46. The summed E-state index contributed by atoms with van der Waals surface area (Å²) in [5.41, 5.74) is 1.65. The lowest BCUT2D eigenvalue weighted by Crippen LogP contribution is -2.21. The Kier molecular flexibility index (Phi) is 4.74. The average Bonchev–Trinajstić information content (AvgIpc) is 2.44. The van der Waals surface area contributed by atoms with E-state index in [1.807, 2.05) is 6.92 Å². The standard InChI is InChI=1S/C14H19N3O4/c1-2-3-10(18)8-15-12-6-9-4-5-14(19)16-11(9)7-13(12)17(20)21/h6-7,10,15,18H,2-5,8H2,1H3,(H,16,19). The van der Waals surface area contributed by atoms with E-state index < -0.39 is 11.0 Å². The van der Waals surface area contributed by atoms with E-state index in [4.69, 9.17) is 0 Å². The first-order chi connectivity index (χ1) is 10.0. The molecular formula is C14H19N3O4. The molecule has 1 atom stereocenters. The number of carbonyl (C=O) groups excluding carboxylic acids is 1. The number of nitro groups is 1. The summed E-state index contributed by atoms with van der Waals surface area (Å²) in [4.78, 5) is 22.0. The van der Waals surface area contributed by atoms with Gasteiger partial charge in [-0.15, -0.1) is 0 Å². The SMILES string of the molecule is CCCC(O)CNc1cc2c(cc1[N+](=O)[O-])NC(=O)CC2. The van der Waals surface area contributed by atoms with Crippen molar-refractivity contribution in [1.29, 1.82) is 0 Å². The van der Waals surface area contributed by atoms with Gasteiger partial charge in [-0.3, -0.25) is 14.9 Å². The zero-order chi connectivity index (χ0) is 15.4. The number of aryl methyl sites for hydroxylation is 1. The number of nitrogens with zero attached hydrogens (tertiary/aromatic N) is 1. The van der Waals surface area contributed by atoms with E-state index in [1.54, 1.807) is 6.07 Å². The number of rotatable bonds is 6. The van der Waals surface area contributed by atoms with Crippen LogP contribution in [0.3, 0.4) is 0 Å². The highest BCUT2D eigenvalue weighted by atomic mass is 16.6. The monoisotopic (exact) mass is 293 g/mol. The Morgan fingerprint density at radius 1 is 1.48 bits per heavy atom. The number of nitro benzene ring substituents is 1. The molecule has 0 aliphatic carbocycles. The van der Waals surface area contributed by atoms with Gasteiger partial charge < -0.3 is 15.7 Å². The van der Waals surface area contributed by atoms with Crippen LogP contribution in [0.2, 0.25) is 0 Å². The lowest BCUT2D eigenvalue weighted by molar-refractivity contribution is -0.383. The van der Waals surface area contributed by atoms with Gasteiger partial charge in [0.15, 0.2) is 0 Å². The molecular weight excluding hydrogens is 274 g/mol. The molecule has 0 spiro atoms. The third kappa shape index (κ3) is 3.69. The molecule has 1 unspecified atom stereocenters. The van der Waals surface area contributed by atoms with Gasteiger partial charge >= 0.3 is 0 Å². The molecule has 1 aliphatic rings. The van der Waals surface area contributed by atoms with Crippen molar-refractivity contribution >= 4 is 23.0 Å². The molecule has 21 heavy (non-hydrogen) atoms. The van der Waals surface area contributed by atoms with Crippen molar-refractivity contribution in [1.82, 2.24) is 0 Å². The topological polar surface area (TPSA) is 104 Å². The maximum absolute atomic E-state index is 11.3. The molecule has 1 aromatic rings. The largest absolute Gasteiger partial charge is 0.391 e. The normalized spacial score (nSPS) is 15.0. The van der Waals surface area contributed by atoms with Crippen molar-refractivity contribution in [3.05, 3.63) is 27.8 Å². The molecule has 0 saturated heterocycles. The van der Waals surface area contributed by atoms with Crippen LogP contribution in [0.25, 0.3) is 0 Å². The molecule has 0 fully saturated rings. The van der Waals surface area contributed by atoms with E-state index in [9.17, 15) is 20.0 Å². The fraction of sp³-hybridized carbons (Fsp3) is 0.500. The Morgan fingerprint density at radius 3 is 2.90 bits per heavy atom. The molecule has 1 amide bonds. The van der Waals surface area contributed by atoms with Crippen LogP contribution < -0.4 is 10.6 Å². The fourth-order valence-electron chi connectivity index (χ4n) is 2.37. The summed E-state index contributed by atoms with van der Waals surface area (Å²) >= 11 is 0. The fourth-order valence-corrected chi connectivity index (χ4v) is 2.37. The third-order valence-corrected chi connectivity index (χ3v) is 3.46. The van der Waals surface area contributed by atoms with Crippen LogP contribution >= 0.6 is 0 Å². The lowest BCUT2D eigenvalue weighted by atomic mass is 10.0. The maximum Gasteiger partial charge on any atom is 0.294 e. The van der Waals surface area contributed by atoms with Crippen LogP contribution in [0.15, 0.2) is 12.1 Å². The van der Waals surface area contributed by atoms with Gasteiger partial charge in [0.2, 0.25) is 5.91 Å². The Hall–Kier alpha value is -2.15. The average molecular weight is 293 g/mol. The van der Waals surface area contributed by atoms with E-state index in [0.717, 1.165) is 12.0 Å². The number of carbonyl (C=O) groups is 1. The molecule has 7 nitrogen and oxygen atoms in total. The van der Waals surface area contributed by atoms with Gasteiger partial charge in [-0.25, -0.2) is 0 Å². The number of benzene rings is 1. The van der Waals surface area contributed by atoms with Gasteiger partial charge in [0, 0.05) is 19.0 Å². The minimum atomic E-state index is -0.537. The molecule has 1 aliphatic heterocycles. The Labute approximate surface area is 122 Å². The lowest BCUT2D eigenvalue weighted by Gasteiger charge is -2.19. The Balaban J connectivity index is 2.23. The summed E-state index contributed by atoms with van der Waals surface area (Å²) in [6, 6.07) is 3.06. The van der Waals surface area contributed by atoms with Gasteiger partial charge in [-0.05, 0) is 24.5 Å².